The van der Waals surface area contributed by atoms with Gasteiger partial charge in [0.1, 0.15) is 35.2 Å². The van der Waals surface area contributed by atoms with Gasteiger partial charge in [-0.05, 0) is 35.4 Å². The normalized spacial score (nSPS) is 24.7. The van der Waals surface area contributed by atoms with Crippen LogP contribution in [0, 0.1) is 0 Å². The predicted octanol–water partition coefficient (Wildman–Crippen LogP) is 2.61. The molecule has 0 spiro atoms. The van der Waals surface area contributed by atoms with E-state index in [9.17, 15) is 4.79 Å². The van der Waals surface area contributed by atoms with Crippen molar-refractivity contribution in [3.8, 4) is 11.5 Å². The number of thioether (sulfide) groups is 1. The molecule has 2 heterocycles. The van der Waals surface area contributed by atoms with Crippen molar-refractivity contribution in [2.75, 3.05) is 35.4 Å². The molecule has 0 bridgehead atoms. The van der Waals surface area contributed by atoms with E-state index in [0.717, 1.165) is 32.9 Å². The summed E-state index contributed by atoms with van der Waals surface area (Å²) in [7, 11) is 8.02. The molecule has 11 heteroatoms. The van der Waals surface area contributed by atoms with E-state index in [0.29, 0.717) is 6.61 Å². The van der Waals surface area contributed by atoms with Gasteiger partial charge >= 0.3 is 0 Å². The first-order chi connectivity index (χ1) is 18.0. The molecule has 0 radical (unpaired) electrons. The summed E-state index contributed by atoms with van der Waals surface area (Å²) >= 11 is 1.43. The van der Waals surface area contributed by atoms with Crippen LogP contribution in [0.4, 0.5) is 0 Å². The summed E-state index contributed by atoms with van der Waals surface area (Å²) in [5, 5.41) is 4.94. The molecule has 0 aliphatic carbocycles. The maximum Gasteiger partial charge on any atom is 0.277 e. The molecular weight excluding hydrogens is 498 g/mol. The predicted molar refractivity (Wildman–Crippen MR) is 139 cm³/mol. The number of aliphatic imine (C=N–C) groups is 1. The first-order valence-electron chi connectivity index (χ1n) is 11.9. The SMILES string of the molecule is CNC1=N[C@@H]2[C@@H](OCc3ccc(OC)cc3)[C@H](OCc3ccc(OC)cc3)[C@@H](C(=O)N(C)OC)O[C@@H]2S1. The zero-order valence-electron chi connectivity index (χ0n) is 21.6. The highest BCUT2D eigenvalue weighted by Gasteiger charge is 2.53. The lowest BCUT2D eigenvalue weighted by Crippen LogP contribution is -2.61. The Kier molecular flexibility index (Phi) is 9.28. The van der Waals surface area contributed by atoms with Crippen LogP contribution in [0.5, 0.6) is 11.5 Å². The molecule has 2 aromatic carbocycles. The van der Waals surface area contributed by atoms with Crippen molar-refractivity contribution in [3.63, 3.8) is 0 Å². The molecule has 200 valence electrons. The summed E-state index contributed by atoms with van der Waals surface area (Å²) in [4.78, 5) is 23.3. The van der Waals surface area contributed by atoms with Gasteiger partial charge < -0.3 is 29.0 Å². The van der Waals surface area contributed by atoms with E-state index >= 15 is 0 Å². The Morgan fingerprint density at radius 3 is 1.97 bits per heavy atom. The van der Waals surface area contributed by atoms with Gasteiger partial charge in [-0.3, -0.25) is 14.6 Å². The molecule has 0 aromatic heterocycles. The molecule has 37 heavy (non-hydrogen) atoms. The number of methoxy groups -OCH3 is 2. The van der Waals surface area contributed by atoms with E-state index in [1.807, 2.05) is 48.5 Å². The summed E-state index contributed by atoms with van der Waals surface area (Å²) in [5.74, 6) is 1.15. The van der Waals surface area contributed by atoms with Gasteiger partial charge in [0.05, 0.1) is 34.5 Å². The zero-order chi connectivity index (χ0) is 26.4. The van der Waals surface area contributed by atoms with Gasteiger partial charge in [-0.15, -0.1) is 0 Å². The first-order valence-corrected chi connectivity index (χ1v) is 12.7. The van der Waals surface area contributed by atoms with Crippen molar-refractivity contribution >= 4 is 22.8 Å². The number of nitrogens with one attached hydrogen (secondary N) is 1. The van der Waals surface area contributed by atoms with E-state index in [4.69, 9.17) is 33.5 Å². The summed E-state index contributed by atoms with van der Waals surface area (Å²) < 4.78 is 29.6. The Morgan fingerprint density at radius 2 is 1.49 bits per heavy atom. The van der Waals surface area contributed by atoms with Gasteiger partial charge in [-0.25, -0.2) is 5.06 Å². The van der Waals surface area contributed by atoms with Gasteiger partial charge in [0.2, 0.25) is 0 Å². The number of benzene rings is 2. The number of rotatable bonds is 10. The second kappa shape index (κ2) is 12.6. The Hall–Kier alpha value is -2.83. The van der Waals surface area contributed by atoms with Crippen LogP contribution in [0.3, 0.4) is 0 Å². The van der Waals surface area contributed by atoms with Crippen molar-refractivity contribution in [2.45, 2.75) is 43.0 Å². The first kappa shape index (κ1) is 27.2. The average Bonchev–Trinajstić information content (AvgIpc) is 3.37. The number of fused-ring (bicyclic) bond motifs is 1. The molecule has 2 aliphatic heterocycles. The van der Waals surface area contributed by atoms with E-state index in [1.54, 1.807) is 28.3 Å². The number of carbonyl (C=O) groups is 1. The van der Waals surface area contributed by atoms with E-state index in [1.165, 1.54) is 18.9 Å². The third-order valence-corrected chi connectivity index (χ3v) is 7.41. The quantitative estimate of drug-likeness (QED) is 0.464. The summed E-state index contributed by atoms with van der Waals surface area (Å²) in [5.41, 5.74) is 1.46. The van der Waals surface area contributed by atoms with Crippen LogP contribution in [0.1, 0.15) is 11.1 Å². The van der Waals surface area contributed by atoms with Gasteiger partial charge in [-0.1, -0.05) is 36.0 Å². The molecule has 0 unspecified atom stereocenters. The van der Waals surface area contributed by atoms with Crippen molar-refractivity contribution in [1.82, 2.24) is 10.4 Å². The van der Waals surface area contributed by atoms with Crippen LogP contribution in [-0.4, -0.2) is 81.4 Å². The minimum absolute atomic E-state index is 0.244. The standard InChI is InChI=1S/C26H33N3O7S/c1-27-26-28-20-21(34-14-16-6-10-18(31-3)11-7-16)22(35-15-17-8-12-19(32-4)13-9-17)23(36-25(20)37-26)24(30)29(2)33-5/h6-13,20-23,25H,14-15H2,1-5H3,(H,27,28)/t20-,21-,22+,23+,25-/m1/s1. The Balaban J connectivity index is 1.61. The third-order valence-electron chi connectivity index (χ3n) is 6.26. The van der Waals surface area contributed by atoms with Crippen molar-refractivity contribution in [1.29, 1.82) is 0 Å². The number of amides is 1. The number of hydrogen-bond donors (Lipinski definition) is 1. The maximum atomic E-state index is 13.3. The molecule has 1 N–H and O–H groups in total. The lowest BCUT2D eigenvalue weighted by Gasteiger charge is -2.42. The fraction of sp³-hybridized carbons (Fsp3) is 0.462. The van der Waals surface area contributed by atoms with Gasteiger partial charge in [0, 0.05) is 14.1 Å². The number of likely N-dealkylation sites (N-methyl/N-ethyl adjacent to an activating group) is 1. The smallest absolute Gasteiger partial charge is 0.277 e. The summed E-state index contributed by atoms with van der Waals surface area (Å²) in [6, 6.07) is 14.8. The average molecular weight is 532 g/mol. The topological polar surface area (TPSA) is 100 Å². The second-order valence-electron chi connectivity index (χ2n) is 8.48. The van der Waals surface area contributed by atoms with Gasteiger partial charge in [0.25, 0.3) is 5.91 Å². The van der Waals surface area contributed by atoms with Crippen LogP contribution >= 0.6 is 11.8 Å². The number of hydroxylamine groups is 2. The van der Waals surface area contributed by atoms with Gasteiger partial charge in [-0.2, -0.15) is 0 Å². The van der Waals surface area contributed by atoms with E-state index < -0.39 is 23.7 Å². The van der Waals surface area contributed by atoms with Crippen molar-refractivity contribution in [3.05, 3.63) is 59.7 Å². The third kappa shape index (κ3) is 6.36. The summed E-state index contributed by atoms with van der Waals surface area (Å²) in [6.07, 6.45) is -2.26. The molecule has 10 nitrogen and oxygen atoms in total. The Bertz CT molecular complexity index is 1070. The van der Waals surface area contributed by atoms with Crippen LogP contribution in [0.25, 0.3) is 0 Å². The van der Waals surface area contributed by atoms with Crippen LogP contribution in [-0.2, 0) is 37.1 Å². The zero-order valence-corrected chi connectivity index (χ0v) is 22.4. The van der Waals surface area contributed by atoms with Crippen LogP contribution < -0.4 is 14.8 Å². The van der Waals surface area contributed by atoms with Crippen LogP contribution in [0.15, 0.2) is 53.5 Å². The number of carbonyl (C=O) groups excluding carboxylic acids is 1. The van der Waals surface area contributed by atoms with Crippen LogP contribution in [0.2, 0.25) is 0 Å². The van der Waals surface area contributed by atoms with E-state index in [-0.39, 0.29) is 18.6 Å². The van der Waals surface area contributed by atoms with Gasteiger partial charge in [0.15, 0.2) is 11.3 Å². The lowest BCUT2D eigenvalue weighted by molar-refractivity contribution is -0.222. The van der Waals surface area contributed by atoms with E-state index in [2.05, 4.69) is 5.32 Å². The molecule has 2 aromatic rings. The molecular formula is C26H33N3O7S. The number of nitrogens with zero attached hydrogens (tertiary/aromatic N) is 2. The molecule has 4 rings (SSSR count). The summed E-state index contributed by atoms with van der Waals surface area (Å²) in [6.45, 7) is 0.546. The highest BCUT2D eigenvalue weighted by atomic mass is 32.2. The number of ether oxygens (including phenoxy) is 5. The minimum atomic E-state index is -0.954. The molecule has 5 atom stereocenters. The molecule has 1 saturated heterocycles. The molecule has 1 fully saturated rings. The maximum absolute atomic E-state index is 13.3. The molecule has 0 saturated carbocycles. The van der Waals surface area contributed by atoms with Crippen molar-refractivity contribution in [2.24, 2.45) is 4.99 Å². The molecule has 2 aliphatic rings. The second-order valence-corrected chi connectivity index (χ2v) is 9.57. The van der Waals surface area contributed by atoms with Crippen molar-refractivity contribution < 1.29 is 33.3 Å². The Morgan fingerprint density at radius 1 is 0.946 bits per heavy atom. The monoisotopic (exact) mass is 531 g/mol. The minimum Gasteiger partial charge on any atom is -0.497 e. The number of hydrogen-bond acceptors (Lipinski definition) is 10. The lowest BCUT2D eigenvalue weighted by atomic mass is 9.96. The Labute approximate surface area is 221 Å². The fourth-order valence-electron chi connectivity index (χ4n) is 4.13. The molecule has 1 amide bonds. The fourth-order valence-corrected chi connectivity index (χ4v) is 5.18. The highest BCUT2D eigenvalue weighted by Crippen LogP contribution is 2.39. The number of amidine groups is 1. The highest BCUT2D eigenvalue weighted by molar-refractivity contribution is 8.14. The largest absolute Gasteiger partial charge is 0.497 e.